The van der Waals surface area contributed by atoms with Gasteiger partial charge in [0.15, 0.2) is 6.23 Å². The molecule has 0 bridgehead atoms. The first-order chi connectivity index (χ1) is 15.6. The molecule has 3 N–H and O–H groups in total. The summed E-state index contributed by atoms with van der Waals surface area (Å²) in [7, 11) is 0. The Bertz CT molecular complexity index is 1480. The van der Waals surface area contributed by atoms with Crippen LogP contribution in [0.25, 0.3) is 44.2 Å². The quantitative estimate of drug-likeness (QED) is 0.374. The molecule has 1 fully saturated rings. The van der Waals surface area contributed by atoms with Gasteiger partial charge in [-0.3, -0.25) is 0 Å². The van der Waals surface area contributed by atoms with Gasteiger partial charge in [0.2, 0.25) is 0 Å². The number of hydrogen-bond donors (Lipinski definition) is 3. The van der Waals surface area contributed by atoms with E-state index in [1.165, 1.54) is 4.57 Å². The summed E-state index contributed by atoms with van der Waals surface area (Å²) >= 11 is 0. The van der Waals surface area contributed by atoms with Crippen LogP contribution in [-0.4, -0.2) is 54.8 Å². The van der Waals surface area contributed by atoms with Crippen molar-refractivity contribution >= 4 is 33.0 Å². The van der Waals surface area contributed by atoms with E-state index in [-0.39, 0.29) is 5.65 Å². The normalized spacial score (nSPS) is 23.6. The van der Waals surface area contributed by atoms with Crippen molar-refractivity contribution in [3.8, 4) is 11.3 Å². The highest BCUT2D eigenvalue weighted by molar-refractivity contribution is 6.11. The van der Waals surface area contributed by atoms with E-state index in [1.807, 2.05) is 36.4 Å². The third-order valence-corrected chi connectivity index (χ3v) is 6.00. The van der Waals surface area contributed by atoms with Crippen LogP contribution in [0.15, 0.2) is 59.1 Å². The van der Waals surface area contributed by atoms with Gasteiger partial charge in [-0.2, -0.15) is 9.37 Å². The summed E-state index contributed by atoms with van der Waals surface area (Å²) in [5.41, 5.74) is 2.42. The molecule has 5 aromatic rings. The van der Waals surface area contributed by atoms with Gasteiger partial charge in [-0.1, -0.05) is 30.3 Å². The molecule has 1 aliphatic rings. The Balaban J connectivity index is 1.56. The second kappa shape index (κ2) is 7.07. The molecule has 4 heterocycles. The molecule has 6 rings (SSSR count). The maximum absolute atomic E-state index is 14.6. The number of furan rings is 1. The van der Waals surface area contributed by atoms with Crippen LogP contribution in [0.3, 0.4) is 0 Å². The van der Waals surface area contributed by atoms with Gasteiger partial charge in [0.05, 0.1) is 12.3 Å². The number of rotatable bonds is 3. The van der Waals surface area contributed by atoms with Crippen molar-refractivity contribution in [2.75, 3.05) is 6.61 Å². The summed E-state index contributed by atoms with van der Waals surface area (Å²) in [5, 5.41) is 32.2. The molecule has 0 radical (unpaired) electrons. The van der Waals surface area contributed by atoms with Crippen molar-refractivity contribution in [1.82, 2.24) is 14.5 Å². The number of ether oxygens (including phenoxy) is 1. The second-order valence-corrected chi connectivity index (χ2v) is 7.81. The van der Waals surface area contributed by atoms with E-state index in [1.54, 1.807) is 18.3 Å². The van der Waals surface area contributed by atoms with E-state index in [0.717, 1.165) is 10.8 Å². The van der Waals surface area contributed by atoms with E-state index in [4.69, 9.17) is 9.15 Å². The third-order valence-electron chi connectivity index (χ3n) is 6.00. The highest BCUT2D eigenvalue weighted by Gasteiger charge is 2.43. The maximum Gasteiger partial charge on any atom is 0.311 e. The number of halogens is 1. The van der Waals surface area contributed by atoms with Crippen molar-refractivity contribution in [2.45, 2.75) is 24.5 Å². The van der Waals surface area contributed by atoms with Crippen LogP contribution < -0.4 is 0 Å². The lowest BCUT2D eigenvalue weighted by Crippen LogP contribution is -2.33. The fraction of sp³-hybridized carbons (Fsp3) is 0.217. The van der Waals surface area contributed by atoms with Gasteiger partial charge in [0.1, 0.15) is 35.1 Å². The molecule has 8 nitrogen and oxygen atoms in total. The molecular weight excluding hydrogens is 417 g/mol. The standard InChI is InChI=1S/C23H18FN3O5/c24-23-25-17(13-6-3-5-12-11-4-1-2-7-15(11)31-20(12)13)14-8-9-27(21(14)26-23)22-19(30)18(29)16(10-28)32-22/h1-9,16,18-19,22,28-30H,10H2/t16-,18-,19-,22-/m1/s1. The predicted molar refractivity (Wildman–Crippen MR) is 113 cm³/mol. The number of fused-ring (bicyclic) bond motifs is 4. The van der Waals surface area contributed by atoms with Crippen molar-refractivity contribution < 1.29 is 28.9 Å². The molecule has 1 aliphatic heterocycles. The molecular formula is C23H18FN3O5. The summed E-state index contributed by atoms with van der Waals surface area (Å²) in [6.45, 7) is -0.462. The lowest BCUT2D eigenvalue weighted by Gasteiger charge is -2.17. The fourth-order valence-electron chi connectivity index (χ4n) is 4.46. The SMILES string of the molecule is OC[C@H]1O[C@@H](n2ccc3c(-c4cccc5c4oc4ccccc45)nc(F)nc32)[C@H](O)[C@@H]1O. The first-order valence-corrected chi connectivity index (χ1v) is 10.1. The molecule has 2 aromatic carbocycles. The zero-order valence-corrected chi connectivity index (χ0v) is 16.6. The minimum atomic E-state index is -1.32. The van der Waals surface area contributed by atoms with Crippen molar-refractivity contribution in [2.24, 2.45) is 0 Å². The zero-order chi connectivity index (χ0) is 22.0. The molecule has 162 valence electrons. The van der Waals surface area contributed by atoms with Gasteiger partial charge in [-0.05, 0) is 18.2 Å². The topological polar surface area (TPSA) is 114 Å². The molecule has 0 amide bonds. The smallest absolute Gasteiger partial charge is 0.311 e. The van der Waals surface area contributed by atoms with Gasteiger partial charge in [0, 0.05) is 27.9 Å². The monoisotopic (exact) mass is 435 g/mol. The predicted octanol–water partition coefficient (Wildman–Crippen LogP) is 2.75. The lowest BCUT2D eigenvalue weighted by atomic mass is 10.0. The number of aliphatic hydroxyl groups excluding tert-OH is 3. The van der Waals surface area contributed by atoms with E-state index >= 15 is 0 Å². The van der Waals surface area contributed by atoms with E-state index in [0.29, 0.717) is 27.8 Å². The molecule has 32 heavy (non-hydrogen) atoms. The number of nitrogens with zero attached hydrogens (tertiary/aromatic N) is 3. The molecule has 4 atom stereocenters. The van der Waals surface area contributed by atoms with Gasteiger partial charge in [0.25, 0.3) is 0 Å². The molecule has 1 saturated heterocycles. The van der Waals surface area contributed by atoms with Crippen LogP contribution in [0.1, 0.15) is 6.23 Å². The number of para-hydroxylation sites is 2. The molecule has 0 saturated carbocycles. The summed E-state index contributed by atoms with van der Waals surface area (Å²) in [5.74, 6) is 0. The summed E-state index contributed by atoms with van der Waals surface area (Å²) < 4.78 is 27.7. The average Bonchev–Trinajstić information content (AvgIpc) is 3.47. The number of benzene rings is 2. The van der Waals surface area contributed by atoms with Crippen LogP contribution in [0.2, 0.25) is 0 Å². The van der Waals surface area contributed by atoms with Crippen LogP contribution >= 0.6 is 0 Å². The average molecular weight is 435 g/mol. The maximum atomic E-state index is 14.6. The zero-order valence-electron chi connectivity index (χ0n) is 16.6. The molecule has 0 unspecified atom stereocenters. The van der Waals surface area contributed by atoms with E-state index in [2.05, 4.69) is 9.97 Å². The Morgan fingerprint density at radius 2 is 1.75 bits per heavy atom. The third kappa shape index (κ3) is 2.69. The fourth-order valence-corrected chi connectivity index (χ4v) is 4.46. The summed E-state index contributed by atoms with van der Waals surface area (Å²) in [6.07, 6.45) is -3.96. The largest absolute Gasteiger partial charge is 0.455 e. The number of hydrogen-bond acceptors (Lipinski definition) is 7. The van der Waals surface area contributed by atoms with Gasteiger partial charge >= 0.3 is 6.08 Å². The van der Waals surface area contributed by atoms with Gasteiger partial charge in [-0.15, -0.1) is 0 Å². The summed E-state index contributed by atoms with van der Waals surface area (Å²) in [4.78, 5) is 7.97. The lowest BCUT2D eigenvalue weighted by molar-refractivity contribution is -0.0509. The molecule has 0 aliphatic carbocycles. The van der Waals surface area contributed by atoms with E-state index < -0.39 is 37.2 Å². The Morgan fingerprint density at radius 1 is 0.938 bits per heavy atom. The van der Waals surface area contributed by atoms with Crippen molar-refractivity contribution in [3.05, 3.63) is 60.8 Å². The molecule has 0 spiro atoms. The van der Waals surface area contributed by atoms with Gasteiger partial charge in [-0.25, -0.2) is 4.98 Å². The Labute approximate surface area is 180 Å². The van der Waals surface area contributed by atoms with E-state index in [9.17, 15) is 19.7 Å². The van der Waals surface area contributed by atoms with Gasteiger partial charge < -0.3 is 29.0 Å². The minimum absolute atomic E-state index is 0.190. The highest BCUT2D eigenvalue weighted by atomic mass is 19.1. The van der Waals surface area contributed by atoms with Crippen LogP contribution in [0.5, 0.6) is 0 Å². The first-order valence-electron chi connectivity index (χ1n) is 10.1. The Hall–Kier alpha value is -3.37. The van der Waals surface area contributed by atoms with Crippen LogP contribution in [-0.2, 0) is 4.74 Å². The highest BCUT2D eigenvalue weighted by Crippen LogP contribution is 2.39. The second-order valence-electron chi connectivity index (χ2n) is 7.81. The van der Waals surface area contributed by atoms with Crippen LogP contribution in [0.4, 0.5) is 4.39 Å². The Morgan fingerprint density at radius 3 is 2.56 bits per heavy atom. The minimum Gasteiger partial charge on any atom is -0.455 e. The molecule has 9 heteroatoms. The summed E-state index contributed by atoms with van der Waals surface area (Å²) in [6, 6.07) is 14.9. The van der Waals surface area contributed by atoms with Crippen molar-refractivity contribution in [3.63, 3.8) is 0 Å². The first kappa shape index (κ1) is 19.3. The van der Waals surface area contributed by atoms with Crippen LogP contribution in [0, 0.1) is 6.08 Å². The number of aliphatic hydroxyl groups is 3. The molecule has 3 aromatic heterocycles. The Kier molecular flexibility index (Phi) is 4.27. The van der Waals surface area contributed by atoms with Crippen molar-refractivity contribution in [1.29, 1.82) is 0 Å². The number of aromatic nitrogens is 3.